The summed E-state index contributed by atoms with van der Waals surface area (Å²) in [6.45, 7) is 2.51. The Balaban J connectivity index is 2.39. The van der Waals surface area contributed by atoms with E-state index in [1.165, 1.54) is 11.3 Å². The monoisotopic (exact) mass is 251 g/mol. The Kier molecular flexibility index (Phi) is 3.43. The fourth-order valence-electron chi connectivity index (χ4n) is 1.43. The largest absolute Gasteiger partial charge is 0.493 e. The van der Waals surface area contributed by atoms with Crippen molar-refractivity contribution in [2.75, 3.05) is 19.5 Å². The van der Waals surface area contributed by atoms with E-state index < -0.39 is 0 Å². The van der Waals surface area contributed by atoms with Crippen LogP contribution < -0.4 is 15.2 Å². The van der Waals surface area contributed by atoms with Crippen LogP contribution in [0.25, 0.3) is 10.6 Å². The molecule has 0 aliphatic rings. The molecule has 0 atom stereocenters. The topological polar surface area (TPSA) is 70.3 Å². The smallest absolute Gasteiger partial charge is 0.203 e. The number of hydrogen-bond acceptors (Lipinski definition) is 6. The molecule has 0 aliphatic heterocycles. The van der Waals surface area contributed by atoms with E-state index in [0.29, 0.717) is 23.2 Å². The van der Waals surface area contributed by atoms with E-state index in [1.54, 1.807) is 7.11 Å². The predicted molar refractivity (Wildman–Crippen MR) is 67.5 cm³/mol. The summed E-state index contributed by atoms with van der Waals surface area (Å²) in [5, 5.41) is 9.00. The Bertz CT molecular complexity index is 513. The van der Waals surface area contributed by atoms with Crippen LogP contribution in [0.1, 0.15) is 6.92 Å². The zero-order valence-corrected chi connectivity index (χ0v) is 10.5. The normalized spacial score (nSPS) is 10.2. The van der Waals surface area contributed by atoms with Crippen molar-refractivity contribution in [2.45, 2.75) is 6.92 Å². The van der Waals surface area contributed by atoms with E-state index >= 15 is 0 Å². The third-order valence-corrected chi connectivity index (χ3v) is 2.95. The second-order valence-corrected chi connectivity index (χ2v) is 4.25. The maximum absolute atomic E-state index is 5.56. The SMILES string of the molecule is CCOc1cc(-c2nnc(N)s2)ccc1OC. The number of nitrogens with two attached hydrogens (primary N) is 1. The Morgan fingerprint density at radius 2 is 2.12 bits per heavy atom. The van der Waals surface area contributed by atoms with Crippen molar-refractivity contribution in [1.29, 1.82) is 0 Å². The first-order valence-corrected chi connectivity index (χ1v) is 5.96. The van der Waals surface area contributed by atoms with Gasteiger partial charge in [0.25, 0.3) is 0 Å². The number of aromatic nitrogens is 2. The van der Waals surface area contributed by atoms with Crippen LogP contribution in [0.15, 0.2) is 18.2 Å². The quantitative estimate of drug-likeness (QED) is 0.902. The van der Waals surface area contributed by atoms with Crippen LogP contribution in [0.3, 0.4) is 0 Å². The van der Waals surface area contributed by atoms with Crippen LogP contribution in [-0.2, 0) is 0 Å². The minimum Gasteiger partial charge on any atom is -0.493 e. The zero-order valence-electron chi connectivity index (χ0n) is 9.64. The Hall–Kier alpha value is -1.82. The molecule has 0 amide bonds. The molecule has 0 spiro atoms. The van der Waals surface area contributed by atoms with E-state index in [9.17, 15) is 0 Å². The molecule has 0 saturated carbocycles. The van der Waals surface area contributed by atoms with Crippen molar-refractivity contribution >= 4 is 16.5 Å². The fourth-order valence-corrected chi connectivity index (χ4v) is 2.04. The average molecular weight is 251 g/mol. The van der Waals surface area contributed by atoms with Gasteiger partial charge in [0.15, 0.2) is 11.5 Å². The average Bonchev–Trinajstić information content (AvgIpc) is 2.76. The van der Waals surface area contributed by atoms with Gasteiger partial charge >= 0.3 is 0 Å². The lowest BCUT2D eigenvalue weighted by Gasteiger charge is -2.09. The standard InChI is InChI=1S/C11H13N3O2S/c1-3-16-9-6-7(4-5-8(9)15-2)10-13-14-11(12)17-10/h4-6H,3H2,1-2H3,(H2,12,14). The van der Waals surface area contributed by atoms with Crippen molar-refractivity contribution in [3.63, 3.8) is 0 Å². The molecule has 0 unspecified atom stereocenters. The van der Waals surface area contributed by atoms with Gasteiger partial charge in [0.05, 0.1) is 13.7 Å². The summed E-state index contributed by atoms with van der Waals surface area (Å²) in [6, 6.07) is 5.63. The van der Waals surface area contributed by atoms with Crippen LogP contribution >= 0.6 is 11.3 Å². The molecule has 90 valence electrons. The van der Waals surface area contributed by atoms with Gasteiger partial charge in [0.2, 0.25) is 5.13 Å². The summed E-state index contributed by atoms with van der Waals surface area (Å²) in [6.07, 6.45) is 0. The molecule has 5 nitrogen and oxygen atoms in total. The maximum atomic E-state index is 5.56. The summed E-state index contributed by atoms with van der Waals surface area (Å²) < 4.78 is 10.7. The van der Waals surface area contributed by atoms with E-state index in [-0.39, 0.29) is 0 Å². The lowest BCUT2D eigenvalue weighted by Crippen LogP contribution is -1.95. The van der Waals surface area contributed by atoms with Crippen molar-refractivity contribution in [2.24, 2.45) is 0 Å². The third kappa shape index (κ3) is 2.47. The van der Waals surface area contributed by atoms with E-state index in [1.807, 2.05) is 25.1 Å². The molecule has 2 rings (SSSR count). The second kappa shape index (κ2) is 5.01. The number of hydrogen-bond donors (Lipinski definition) is 1. The van der Waals surface area contributed by atoms with Crippen molar-refractivity contribution < 1.29 is 9.47 Å². The zero-order chi connectivity index (χ0) is 12.3. The van der Waals surface area contributed by atoms with Gasteiger partial charge in [0.1, 0.15) is 5.01 Å². The first kappa shape index (κ1) is 11.7. The summed E-state index contributed by atoms with van der Waals surface area (Å²) in [5.74, 6) is 1.40. The molecule has 6 heteroatoms. The van der Waals surface area contributed by atoms with Gasteiger partial charge in [-0.1, -0.05) is 11.3 Å². The lowest BCUT2D eigenvalue weighted by atomic mass is 10.2. The molecule has 0 saturated heterocycles. The van der Waals surface area contributed by atoms with Crippen molar-refractivity contribution in [1.82, 2.24) is 10.2 Å². The molecular weight excluding hydrogens is 238 g/mol. The van der Waals surface area contributed by atoms with Crippen molar-refractivity contribution in [3.05, 3.63) is 18.2 Å². The summed E-state index contributed by atoms with van der Waals surface area (Å²) >= 11 is 1.34. The van der Waals surface area contributed by atoms with Crippen LogP contribution in [-0.4, -0.2) is 23.9 Å². The summed E-state index contributed by atoms with van der Waals surface area (Å²) in [7, 11) is 1.61. The first-order valence-electron chi connectivity index (χ1n) is 5.14. The molecule has 17 heavy (non-hydrogen) atoms. The minimum absolute atomic E-state index is 0.453. The van der Waals surface area contributed by atoms with Gasteiger partial charge in [-0.3, -0.25) is 0 Å². The molecule has 1 heterocycles. The molecule has 2 N–H and O–H groups in total. The van der Waals surface area contributed by atoms with E-state index in [2.05, 4.69) is 10.2 Å². The van der Waals surface area contributed by atoms with Gasteiger partial charge in [-0.2, -0.15) is 0 Å². The molecule has 0 radical (unpaired) electrons. The highest BCUT2D eigenvalue weighted by molar-refractivity contribution is 7.18. The maximum Gasteiger partial charge on any atom is 0.203 e. The molecule has 0 bridgehead atoms. The van der Waals surface area contributed by atoms with Gasteiger partial charge in [-0.05, 0) is 25.1 Å². The Labute approximate surface area is 103 Å². The van der Waals surface area contributed by atoms with Crippen LogP contribution in [0, 0.1) is 0 Å². The van der Waals surface area contributed by atoms with Gasteiger partial charge in [-0.25, -0.2) is 0 Å². The molecular formula is C11H13N3O2S. The number of rotatable bonds is 4. The number of nitrogen functional groups attached to an aromatic ring is 1. The van der Waals surface area contributed by atoms with Gasteiger partial charge < -0.3 is 15.2 Å². The van der Waals surface area contributed by atoms with Crippen LogP contribution in [0.2, 0.25) is 0 Å². The number of anilines is 1. The number of nitrogens with zero attached hydrogens (tertiary/aromatic N) is 2. The molecule has 0 fully saturated rings. The van der Waals surface area contributed by atoms with Crippen LogP contribution in [0.4, 0.5) is 5.13 Å². The van der Waals surface area contributed by atoms with E-state index in [4.69, 9.17) is 15.2 Å². The summed E-state index contributed by atoms with van der Waals surface area (Å²) in [5.41, 5.74) is 6.48. The highest BCUT2D eigenvalue weighted by Crippen LogP contribution is 2.33. The molecule has 1 aromatic heterocycles. The predicted octanol–water partition coefficient (Wildman–Crippen LogP) is 2.19. The number of methoxy groups -OCH3 is 1. The highest BCUT2D eigenvalue weighted by atomic mass is 32.1. The molecule has 0 aliphatic carbocycles. The third-order valence-electron chi connectivity index (χ3n) is 2.15. The van der Waals surface area contributed by atoms with E-state index in [0.717, 1.165) is 10.6 Å². The highest BCUT2D eigenvalue weighted by Gasteiger charge is 2.09. The Morgan fingerprint density at radius 3 is 2.71 bits per heavy atom. The first-order chi connectivity index (χ1) is 8.24. The van der Waals surface area contributed by atoms with Gasteiger partial charge in [-0.15, -0.1) is 10.2 Å². The van der Waals surface area contributed by atoms with Crippen molar-refractivity contribution in [3.8, 4) is 22.1 Å². The fraction of sp³-hybridized carbons (Fsp3) is 0.273. The minimum atomic E-state index is 0.453. The van der Waals surface area contributed by atoms with Gasteiger partial charge in [0, 0.05) is 5.56 Å². The van der Waals surface area contributed by atoms with Crippen LogP contribution in [0.5, 0.6) is 11.5 Å². The molecule has 2 aromatic rings. The summed E-state index contributed by atoms with van der Waals surface area (Å²) in [4.78, 5) is 0. The molecule has 1 aromatic carbocycles. The number of ether oxygens (including phenoxy) is 2. The number of benzene rings is 1. The second-order valence-electron chi connectivity index (χ2n) is 3.24. The lowest BCUT2D eigenvalue weighted by molar-refractivity contribution is 0.311. The Morgan fingerprint density at radius 1 is 1.29 bits per heavy atom.